The minimum atomic E-state index is -0.327. The Kier molecular flexibility index (Phi) is 10.2. The van der Waals surface area contributed by atoms with E-state index in [-0.39, 0.29) is 18.2 Å². The summed E-state index contributed by atoms with van der Waals surface area (Å²) in [6.45, 7) is 6.49. The maximum atomic E-state index is 11.3. The molecule has 3 heteroatoms. The molecule has 0 saturated heterocycles. The summed E-state index contributed by atoms with van der Waals surface area (Å²) in [6.07, 6.45) is 14.5. The lowest BCUT2D eigenvalue weighted by Crippen LogP contribution is -2.36. The quantitative estimate of drug-likeness (QED) is 0.312. The summed E-state index contributed by atoms with van der Waals surface area (Å²) in [6, 6.07) is 0. The van der Waals surface area contributed by atoms with Crippen LogP contribution in [0.5, 0.6) is 0 Å². The van der Waals surface area contributed by atoms with Crippen LogP contribution in [0.4, 0.5) is 0 Å². The van der Waals surface area contributed by atoms with Crippen molar-refractivity contribution in [1.29, 1.82) is 0 Å². The number of hydrogen-bond donors (Lipinski definition) is 0. The highest BCUT2D eigenvalue weighted by atomic mass is 16.6. The van der Waals surface area contributed by atoms with Crippen LogP contribution in [0.25, 0.3) is 0 Å². The summed E-state index contributed by atoms with van der Waals surface area (Å²) in [5.41, 5.74) is 0. The molecule has 2 unspecified atom stereocenters. The normalized spacial score (nSPS) is 22.0. The summed E-state index contributed by atoms with van der Waals surface area (Å²) in [5.74, 6) is -0.327. The standard InChI is InChI=1S/C18H32O3/c1-3-5-6-7-8-9-12-15-20-16-13-10-11-14-17(16)21-18(19)4-2/h4,16-17H,2-3,5-15H2,1H3. The molecule has 21 heavy (non-hydrogen) atoms. The zero-order valence-electron chi connectivity index (χ0n) is 13.6. The van der Waals surface area contributed by atoms with Crippen molar-refractivity contribution in [3.63, 3.8) is 0 Å². The van der Waals surface area contributed by atoms with E-state index in [9.17, 15) is 4.79 Å². The lowest BCUT2D eigenvalue weighted by molar-refractivity contribution is -0.155. The van der Waals surface area contributed by atoms with Crippen LogP contribution in [0.2, 0.25) is 0 Å². The van der Waals surface area contributed by atoms with Gasteiger partial charge in [0.25, 0.3) is 0 Å². The summed E-state index contributed by atoms with van der Waals surface area (Å²) >= 11 is 0. The predicted octanol–water partition coefficient (Wildman–Crippen LogP) is 4.79. The summed E-state index contributed by atoms with van der Waals surface area (Å²) in [5, 5.41) is 0. The highest BCUT2D eigenvalue weighted by molar-refractivity contribution is 5.81. The maximum Gasteiger partial charge on any atom is 0.330 e. The first kappa shape index (κ1) is 18.2. The number of unbranched alkanes of at least 4 members (excludes halogenated alkanes) is 6. The van der Waals surface area contributed by atoms with Gasteiger partial charge in [0.15, 0.2) is 0 Å². The molecule has 0 bridgehead atoms. The molecular formula is C18H32O3. The van der Waals surface area contributed by atoms with Crippen LogP contribution in [0.1, 0.15) is 77.6 Å². The van der Waals surface area contributed by atoms with Gasteiger partial charge in [0.2, 0.25) is 0 Å². The Morgan fingerprint density at radius 2 is 1.67 bits per heavy atom. The predicted molar refractivity (Wildman–Crippen MR) is 86.3 cm³/mol. The molecule has 0 radical (unpaired) electrons. The van der Waals surface area contributed by atoms with Crippen LogP contribution in [0.15, 0.2) is 12.7 Å². The molecule has 0 aromatic heterocycles. The largest absolute Gasteiger partial charge is 0.456 e. The van der Waals surface area contributed by atoms with Crippen LogP contribution >= 0.6 is 0 Å². The number of hydrogen-bond acceptors (Lipinski definition) is 3. The van der Waals surface area contributed by atoms with E-state index in [2.05, 4.69) is 13.5 Å². The highest BCUT2D eigenvalue weighted by Crippen LogP contribution is 2.24. The molecule has 2 atom stereocenters. The molecule has 1 rings (SSSR count). The molecule has 3 nitrogen and oxygen atoms in total. The SMILES string of the molecule is C=CC(=O)OC1CCCCC1OCCCCCCCCC. The van der Waals surface area contributed by atoms with Gasteiger partial charge in [0.05, 0.1) is 6.10 Å². The number of carbonyl (C=O) groups excluding carboxylic acids is 1. The van der Waals surface area contributed by atoms with Gasteiger partial charge in [0.1, 0.15) is 6.10 Å². The molecule has 0 aliphatic heterocycles. The first-order chi connectivity index (χ1) is 10.3. The molecule has 0 amide bonds. The van der Waals surface area contributed by atoms with Crippen molar-refractivity contribution in [2.75, 3.05) is 6.61 Å². The molecule has 0 heterocycles. The second kappa shape index (κ2) is 11.8. The fourth-order valence-electron chi connectivity index (χ4n) is 2.88. The van der Waals surface area contributed by atoms with Crippen molar-refractivity contribution in [2.45, 2.75) is 89.8 Å². The molecular weight excluding hydrogens is 264 g/mol. The number of esters is 1. The summed E-state index contributed by atoms with van der Waals surface area (Å²) in [7, 11) is 0. The molecule has 1 fully saturated rings. The lowest BCUT2D eigenvalue weighted by Gasteiger charge is -2.30. The van der Waals surface area contributed by atoms with Gasteiger partial charge < -0.3 is 9.47 Å². The molecule has 1 saturated carbocycles. The third-order valence-electron chi connectivity index (χ3n) is 4.16. The average molecular weight is 296 g/mol. The third-order valence-corrected chi connectivity index (χ3v) is 4.16. The van der Waals surface area contributed by atoms with Crippen LogP contribution in [-0.2, 0) is 14.3 Å². The van der Waals surface area contributed by atoms with Crippen molar-refractivity contribution < 1.29 is 14.3 Å². The maximum absolute atomic E-state index is 11.3. The summed E-state index contributed by atoms with van der Waals surface area (Å²) in [4.78, 5) is 11.3. The van der Waals surface area contributed by atoms with Gasteiger partial charge in [-0.3, -0.25) is 0 Å². The fourth-order valence-corrected chi connectivity index (χ4v) is 2.88. The first-order valence-electron chi connectivity index (χ1n) is 8.72. The van der Waals surface area contributed by atoms with Gasteiger partial charge in [-0.15, -0.1) is 0 Å². The van der Waals surface area contributed by atoms with E-state index in [4.69, 9.17) is 9.47 Å². The fraction of sp³-hybridized carbons (Fsp3) is 0.833. The smallest absolute Gasteiger partial charge is 0.330 e. The van der Waals surface area contributed by atoms with Crippen molar-refractivity contribution in [1.82, 2.24) is 0 Å². The van der Waals surface area contributed by atoms with Crippen LogP contribution in [0, 0.1) is 0 Å². The van der Waals surface area contributed by atoms with Crippen molar-refractivity contribution in [3.8, 4) is 0 Å². The van der Waals surface area contributed by atoms with Crippen molar-refractivity contribution in [2.24, 2.45) is 0 Å². The second-order valence-electron chi connectivity index (χ2n) is 5.99. The number of carbonyl (C=O) groups is 1. The van der Waals surface area contributed by atoms with Gasteiger partial charge in [-0.05, 0) is 25.7 Å². The number of ether oxygens (including phenoxy) is 2. The molecule has 1 aliphatic rings. The van der Waals surface area contributed by atoms with Crippen LogP contribution < -0.4 is 0 Å². The Labute approximate surface area is 130 Å². The Hall–Kier alpha value is -0.830. The van der Waals surface area contributed by atoms with Gasteiger partial charge in [-0.2, -0.15) is 0 Å². The Bertz CT molecular complexity index is 288. The van der Waals surface area contributed by atoms with E-state index >= 15 is 0 Å². The van der Waals surface area contributed by atoms with E-state index in [1.54, 1.807) is 0 Å². The Balaban J connectivity index is 2.10. The number of rotatable bonds is 11. The van der Waals surface area contributed by atoms with Crippen molar-refractivity contribution in [3.05, 3.63) is 12.7 Å². The van der Waals surface area contributed by atoms with Gasteiger partial charge >= 0.3 is 5.97 Å². The molecule has 0 spiro atoms. The molecule has 0 aromatic carbocycles. The zero-order chi connectivity index (χ0) is 15.3. The molecule has 1 aliphatic carbocycles. The topological polar surface area (TPSA) is 35.5 Å². The van der Waals surface area contributed by atoms with Gasteiger partial charge in [0, 0.05) is 12.7 Å². The Morgan fingerprint density at radius 3 is 2.33 bits per heavy atom. The van der Waals surface area contributed by atoms with Crippen molar-refractivity contribution >= 4 is 5.97 Å². The highest BCUT2D eigenvalue weighted by Gasteiger charge is 2.28. The van der Waals surface area contributed by atoms with E-state index in [1.807, 2.05) is 0 Å². The van der Waals surface area contributed by atoms with Crippen LogP contribution in [-0.4, -0.2) is 24.8 Å². The van der Waals surface area contributed by atoms with E-state index in [1.165, 1.54) is 51.0 Å². The van der Waals surface area contributed by atoms with Crippen LogP contribution in [0.3, 0.4) is 0 Å². The van der Waals surface area contributed by atoms with Gasteiger partial charge in [-0.25, -0.2) is 4.79 Å². The first-order valence-corrected chi connectivity index (χ1v) is 8.72. The lowest BCUT2D eigenvalue weighted by atomic mass is 9.94. The summed E-state index contributed by atoms with van der Waals surface area (Å²) < 4.78 is 11.4. The van der Waals surface area contributed by atoms with E-state index in [0.29, 0.717) is 0 Å². The van der Waals surface area contributed by atoms with Gasteiger partial charge in [-0.1, -0.05) is 58.4 Å². The molecule has 0 aromatic rings. The molecule has 122 valence electrons. The zero-order valence-corrected chi connectivity index (χ0v) is 13.6. The average Bonchev–Trinajstić information content (AvgIpc) is 2.51. The Morgan fingerprint density at radius 1 is 1.05 bits per heavy atom. The van der Waals surface area contributed by atoms with E-state index in [0.717, 1.165) is 32.3 Å². The minimum absolute atomic E-state index is 0.0752. The molecule has 0 N–H and O–H groups in total. The minimum Gasteiger partial charge on any atom is -0.456 e. The third kappa shape index (κ3) is 8.25. The second-order valence-corrected chi connectivity index (χ2v) is 5.99. The van der Waals surface area contributed by atoms with E-state index < -0.39 is 0 Å². The monoisotopic (exact) mass is 296 g/mol.